The van der Waals surface area contributed by atoms with E-state index in [-0.39, 0.29) is 5.91 Å². The number of hydrogen-bond acceptors (Lipinski definition) is 5. The zero-order valence-corrected chi connectivity index (χ0v) is 13.2. The second kappa shape index (κ2) is 7.57. The highest BCUT2D eigenvalue weighted by Crippen LogP contribution is 2.23. The van der Waals surface area contributed by atoms with E-state index < -0.39 is 0 Å². The van der Waals surface area contributed by atoms with Gasteiger partial charge in [-0.15, -0.1) is 10.2 Å². The minimum absolute atomic E-state index is 0.0452. The van der Waals surface area contributed by atoms with E-state index in [1.54, 1.807) is 0 Å². The number of amides is 1. The highest BCUT2D eigenvalue weighted by atomic mass is 32.1. The number of likely N-dealkylation sites (tertiary alicyclic amines) is 1. The van der Waals surface area contributed by atoms with Crippen molar-refractivity contribution in [2.24, 2.45) is 5.92 Å². The van der Waals surface area contributed by atoms with Crippen molar-refractivity contribution in [2.45, 2.75) is 46.0 Å². The van der Waals surface area contributed by atoms with Crippen LogP contribution in [0, 0.1) is 5.92 Å². The first-order valence-corrected chi connectivity index (χ1v) is 8.42. The van der Waals surface area contributed by atoms with Crippen LogP contribution in [0.4, 0.5) is 5.13 Å². The predicted molar refractivity (Wildman–Crippen MR) is 82.2 cm³/mol. The Morgan fingerprint density at radius 2 is 2.20 bits per heavy atom. The summed E-state index contributed by atoms with van der Waals surface area (Å²) in [6.07, 6.45) is 5.70. The average molecular weight is 296 g/mol. The van der Waals surface area contributed by atoms with E-state index >= 15 is 0 Å². The lowest BCUT2D eigenvalue weighted by Crippen LogP contribution is -2.31. The molecule has 6 heteroatoms. The molecule has 0 bridgehead atoms. The molecule has 1 aliphatic rings. The van der Waals surface area contributed by atoms with Crippen LogP contribution in [-0.2, 0) is 0 Å². The van der Waals surface area contributed by atoms with Crippen LogP contribution in [0.1, 0.15) is 55.8 Å². The fourth-order valence-corrected chi connectivity index (χ4v) is 3.26. The molecule has 5 nitrogen and oxygen atoms in total. The summed E-state index contributed by atoms with van der Waals surface area (Å²) in [7, 11) is 0. The molecule has 0 radical (unpaired) electrons. The summed E-state index contributed by atoms with van der Waals surface area (Å²) in [6, 6.07) is 0. The number of hydrogen-bond donors (Lipinski definition) is 1. The molecular weight excluding hydrogens is 272 g/mol. The van der Waals surface area contributed by atoms with Gasteiger partial charge in [0.25, 0.3) is 5.91 Å². The molecule has 1 fully saturated rings. The molecule has 1 N–H and O–H groups in total. The normalized spacial score (nSPS) is 19.7. The predicted octanol–water partition coefficient (Wildman–Crippen LogP) is 3.01. The molecule has 0 spiro atoms. The molecule has 1 unspecified atom stereocenters. The quantitative estimate of drug-likeness (QED) is 0.907. The number of aromatic nitrogens is 2. The van der Waals surface area contributed by atoms with Crippen LogP contribution in [0.15, 0.2) is 0 Å². The standard InChI is InChI=1S/C14H24N4OS/c1-3-8-15-14-17-16-12(20-14)13(19)18-9-5-6-11(4-2)7-10-18/h11H,3-10H2,1-2H3,(H,15,17). The molecule has 1 atom stereocenters. The summed E-state index contributed by atoms with van der Waals surface area (Å²) in [5.74, 6) is 0.813. The smallest absolute Gasteiger partial charge is 0.284 e. The van der Waals surface area contributed by atoms with Gasteiger partial charge in [0.1, 0.15) is 0 Å². The summed E-state index contributed by atoms with van der Waals surface area (Å²) in [4.78, 5) is 14.4. The summed E-state index contributed by atoms with van der Waals surface area (Å²) >= 11 is 1.36. The van der Waals surface area contributed by atoms with Crippen molar-refractivity contribution in [3.63, 3.8) is 0 Å². The Balaban J connectivity index is 1.94. The van der Waals surface area contributed by atoms with Crippen LogP contribution < -0.4 is 5.32 Å². The van der Waals surface area contributed by atoms with Crippen LogP contribution in [0.25, 0.3) is 0 Å². The largest absolute Gasteiger partial charge is 0.360 e. The van der Waals surface area contributed by atoms with Crippen molar-refractivity contribution in [1.82, 2.24) is 15.1 Å². The molecule has 1 aliphatic heterocycles. The van der Waals surface area contributed by atoms with Gasteiger partial charge >= 0.3 is 0 Å². The molecule has 1 aromatic rings. The molecule has 112 valence electrons. The van der Waals surface area contributed by atoms with Gasteiger partial charge in [-0.25, -0.2) is 0 Å². The third kappa shape index (κ3) is 3.91. The van der Waals surface area contributed by atoms with Crippen molar-refractivity contribution in [2.75, 3.05) is 25.0 Å². The van der Waals surface area contributed by atoms with E-state index in [0.717, 1.165) is 49.9 Å². The van der Waals surface area contributed by atoms with Gasteiger partial charge < -0.3 is 10.2 Å². The zero-order valence-electron chi connectivity index (χ0n) is 12.4. The van der Waals surface area contributed by atoms with Crippen LogP contribution in [0.3, 0.4) is 0 Å². The number of carbonyl (C=O) groups is 1. The van der Waals surface area contributed by atoms with E-state index in [4.69, 9.17) is 0 Å². The third-order valence-corrected chi connectivity index (χ3v) is 4.72. The second-order valence-electron chi connectivity index (χ2n) is 5.34. The molecule has 0 saturated carbocycles. The van der Waals surface area contributed by atoms with Crippen molar-refractivity contribution < 1.29 is 4.79 Å². The first-order valence-electron chi connectivity index (χ1n) is 7.61. The highest BCUT2D eigenvalue weighted by Gasteiger charge is 2.23. The second-order valence-corrected chi connectivity index (χ2v) is 6.31. The number of nitrogens with one attached hydrogen (secondary N) is 1. The van der Waals surface area contributed by atoms with E-state index in [1.807, 2.05) is 4.90 Å². The molecule has 0 aromatic carbocycles. The minimum atomic E-state index is 0.0452. The lowest BCUT2D eigenvalue weighted by molar-refractivity contribution is 0.0758. The molecule has 1 saturated heterocycles. The fourth-order valence-electron chi connectivity index (χ4n) is 2.52. The Kier molecular flexibility index (Phi) is 5.76. The lowest BCUT2D eigenvalue weighted by Gasteiger charge is -2.18. The summed E-state index contributed by atoms with van der Waals surface area (Å²) in [5.41, 5.74) is 0. The molecular formula is C14H24N4OS. The van der Waals surface area contributed by atoms with Gasteiger partial charge in [0.15, 0.2) is 0 Å². The molecule has 20 heavy (non-hydrogen) atoms. The molecule has 1 amide bonds. The van der Waals surface area contributed by atoms with Gasteiger partial charge in [-0.05, 0) is 31.6 Å². The maximum Gasteiger partial charge on any atom is 0.284 e. The average Bonchev–Trinajstić information content (AvgIpc) is 2.81. The SMILES string of the molecule is CCCNc1nnc(C(=O)N2CCCC(CC)CC2)s1. The Bertz CT molecular complexity index is 435. The van der Waals surface area contributed by atoms with Crippen molar-refractivity contribution >= 4 is 22.4 Å². The van der Waals surface area contributed by atoms with E-state index in [1.165, 1.54) is 24.2 Å². The fraction of sp³-hybridized carbons (Fsp3) is 0.786. The topological polar surface area (TPSA) is 58.1 Å². The number of rotatable bonds is 5. The molecule has 0 aliphatic carbocycles. The Labute approximate surface area is 124 Å². The number of anilines is 1. The first kappa shape index (κ1) is 15.2. The van der Waals surface area contributed by atoms with Gasteiger partial charge in [-0.2, -0.15) is 0 Å². The third-order valence-electron chi connectivity index (χ3n) is 3.85. The molecule has 2 heterocycles. The summed E-state index contributed by atoms with van der Waals surface area (Å²) < 4.78 is 0. The lowest BCUT2D eigenvalue weighted by atomic mass is 9.98. The monoisotopic (exact) mass is 296 g/mol. The zero-order chi connectivity index (χ0) is 14.4. The summed E-state index contributed by atoms with van der Waals surface area (Å²) in [6.45, 7) is 6.91. The van der Waals surface area contributed by atoms with Gasteiger partial charge in [-0.3, -0.25) is 4.79 Å². The van der Waals surface area contributed by atoms with E-state index in [0.29, 0.717) is 5.01 Å². The van der Waals surface area contributed by atoms with Crippen LogP contribution in [0.2, 0.25) is 0 Å². The first-order chi connectivity index (χ1) is 9.74. The van der Waals surface area contributed by atoms with Gasteiger partial charge in [0.05, 0.1) is 0 Å². The molecule has 1 aromatic heterocycles. The van der Waals surface area contributed by atoms with Crippen molar-refractivity contribution in [1.29, 1.82) is 0 Å². The van der Waals surface area contributed by atoms with Crippen molar-refractivity contribution in [3.8, 4) is 0 Å². The summed E-state index contributed by atoms with van der Waals surface area (Å²) in [5, 5.41) is 12.5. The minimum Gasteiger partial charge on any atom is -0.360 e. The van der Waals surface area contributed by atoms with Gasteiger partial charge in [0.2, 0.25) is 10.1 Å². The van der Waals surface area contributed by atoms with Crippen LogP contribution in [0.5, 0.6) is 0 Å². The Morgan fingerprint density at radius 3 is 2.95 bits per heavy atom. The van der Waals surface area contributed by atoms with Crippen molar-refractivity contribution in [3.05, 3.63) is 5.01 Å². The maximum absolute atomic E-state index is 12.4. The Morgan fingerprint density at radius 1 is 1.35 bits per heavy atom. The Hall–Kier alpha value is -1.17. The maximum atomic E-state index is 12.4. The highest BCUT2D eigenvalue weighted by molar-refractivity contribution is 7.17. The van der Waals surface area contributed by atoms with Crippen LogP contribution in [-0.4, -0.2) is 40.6 Å². The van der Waals surface area contributed by atoms with E-state index in [9.17, 15) is 4.79 Å². The van der Waals surface area contributed by atoms with Gasteiger partial charge in [0, 0.05) is 19.6 Å². The van der Waals surface area contributed by atoms with Gasteiger partial charge in [-0.1, -0.05) is 31.6 Å². The van der Waals surface area contributed by atoms with E-state index in [2.05, 4.69) is 29.4 Å². The number of carbonyl (C=O) groups excluding carboxylic acids is 1. The van der Waals surface area contributed by atoms with Crippen LogP contribution >= 0.6 is 11.3 Å². The molecule has 2 rings (SSSR count). The number of nitrogens with zero attached hydrogens (tertiary/aromatic N) is 3.